The van der Waals surface area contributed by atoms with Crippen LogP contribution in [0, 0.1) is 0 Å². The van der Waals surface area contributed by atoms with Gasteiger partial charge in [-0.3, -0.25) is 15.1 Å². The Labute approximate surface area is 109 Å². The Bertz CT molecular complexity index is 347. The molecule has 18 heavy (non-hydrogen) atoms. The highest BCUT2D eigenvalue weighted by Crippen LogP contribution is 2.21. The number of nitrogens with two attached hydrogens (primary N) is 1. The number of carbonyl (C=O) groups excluding carboxylic acids is 1. The van der Waals surface area contributed by atoms with E-state index in [-0.39, 0.29) is 11.9 Å². The molecule has 1 unspecified atom stereocenters. The summed E-state index contributed by atoms with van der Waals surface area (Å²) < 4.78 is 0. The third kappa shape index (κ3) is 3.82. The lowest BCUT2D eigenvalue weighted by Gasteiger charge is -2.30. The third-order valence-electron chi connectivity index (χ3n) is 2.89. The van der Waals surface area contributed by atoms with Gasteiger partial charge in [-0.1, -0.05) is 44.2 Å². The molecular weight excluding hydrogens is 226 g/mol. The molecule has 0 aromatic heterocycles. The minimum Gasteiger partial charge on any atom is -0.293 e. The molecule has 0 bridgehead atoms. The number of nitrogens with zero attached hydrogens (tertiary/aromatic N) is 1. The summed E-state index contributed by atoms with van der Waals surface area (Å²) in [4.78, 5) is 14.2. The first kappa shape index (κ1) is 14.7. The second kappa shape index (κ2) is 7.84. The number of rotatable bonds is 7. The fourth-order valence-corrected chi connectivity index (χ4v) is 2.19. The SMILES string of the molecule is CCCN(CCC)C(C(=O)NN)c1ccccc1. The minimum absolute atomic E-state index is 0.150. The van der Waals surface area contributed by atoms with Crippen LogP contribution in [0.4, 0.5) is 0 Å². The predicted octanol–water partition coefficient (Wildman–Crippen LogP) is 1.84. The molecule has 0 saturated heterocycles. The summed E-state index contributed by atoms with van der Waals surface area (Å²) in [5.41, 5.74) is 3.27. The fourth-order valence-electron chi connectivity index (χ4n) is 2.19. The Morgan fingerprint density at radius 1 is 1.22 bits per heavy atom. The highest BCUT2D eigenvalue weighted by atomic mass is 16.2. The number of nitrogens with one attached hydrogen (secondary N) is 1. The third-order valence-corrected chi connectivity index (χ3v) is 2.89. The molecule has 4 nitrogen and oxygen atoms in total. The van der Waals surface area contributed by atoms with Gasteiger partial charge in [0.05, 0.1) is 0 Å². The first-order valence-electron chi connectivity index (χ1n) is 6.54. The van der Waals surface area contributed by atoms with E-state index in [9.17, 15) is 4.79 Å². The standard InChI is InChI=1S/C14H23N3O/c1-3-10-17(11-4-2)13(14(18)16-15)12-8-6-5-7-9-12/h5-9,13H,3-4,10-11,15H2,1-2H3,(H,16,18). The van der Waals surface area contributed by atoms with Crippen molar-refractivity contribution in [2.45, 2.75) is 32.7 Å². The Balaban J connectivity index is 2.99. The predicted molar refractivity (Wildman–Crippen MR) is 73.7 cm³/mol. The van der Waals surface area contributed by atoms with Gasteiger partial charge in [0.2, 0.25) is 0 Å². The minimum atomic E-state index is -0.295. The van der Waals surface area contributed by atoms with Gasteiger partial charge in [0.1, 0.15) is 6.04 Å². The number of hydrogen-bond donors (Lipinski definition) is 2. The molecule has 1 aromatic rings. The van der Waals surface area contributed by atoms with Crippen molar-refractivity contribution in [3.8, 4) is 0 Å². The maximum Gasteiger partial charge on any atom is 0.255 e. The van der Waals surface area contributed by atoms with Crippen LogP contribution in [-0.2, 0) is 4.79 Å². The maximum atomic E-state index is 12.0. The van der Waals surface area contributed by atoms with Crippen molar-refractivity contribution in [1.29, 1.82) is 0 Å². The molecule has 4 heteroatoms. The van der Waals surface area contributed by atoms with Gasteiger partial charge in [-0.05, 0) is 31.5 Å². The summed E-state index contributed by atoms with van der Waals surface area (Å²) in [5.74, 6) is 5.16. The second-order valence-corrected chi connectivity index (χ2v) is 4.36. The van der Waals surface area contributed by atoms with Crippen molar-refractivity contribution in [2.75, 3.05) is 13.1 Å². The van der Waals surface area contributed by atoms with Crippen LogP contribution in [0.25, 0.3) is 0 Å². The van der Waals surface area contributed by atoms with E-state index < -0.39 is 0 Å². The smallest absolute Gasteiger partial charge is 0.255 e. The van der Waals surface area contributed by atoms with Crippen LogP contribution in [0.3, 0.4) is 0 Å². The van der Waals surface area contributed by atoms with E-state index in [4.69, 9.17) is 5.84 Å². The van der Waals surface area contributed by atoms with Gasteiger partial charge in [-0.2, -0.15) is 0 Å². The number of carbonyl (C=O) groups is 1. The van der Waals surface area contributed by atoms with Crippen LogP contribution in [0.5, 0.6) is 0 Å². The Kier molecular flexibility index (Phi) is 6.39. The molecule has 100 valence electrons. The molecule has 0 aliphatic carbocycles. The van der Waals surface area contributed by atoms with Crippen molar-refractivity contribution >= 4 is 5.91 Å². The Hall–Kier alpha value is -1.39. The summed E-state index contributed by atoms with van der Waals surface area (Å²) in [6.45, 7) is 6.01. The lowest BCUT2D eigenvalue weighted by atomic mass is 10.0. The van der Waals surface area contributed by atoms with Gasteiger partial charge < -0.3 is 0 Å². The second-order valence-electron chi connectivity index (χ2n) is 4.36. The molecule has 1 amide bonds. The van der Waals surface area contributed by atoms with Crippen LogP contribution in [-0.4, -0.2) is 23.9 Å². The largest absolute Gasteiger partial charge is 0.293 e. The number of hydrogen-bond acceptors (Lipinski definition) is 3. The van der Waals surface area contributed by atoms with Gasteiger partial charge in [0.15, 0.2) is 0 Å². The zero-order chi connectivity index (χ0) is 13.4. The molecule has 0 saturated carbocycles. The van der Waals surface area contributed by atoms with Gasteiger partial charge in [-0.15, -0.1) is 0 Å². The van der Waals surface area contributed by atoms with E-state index in [1.54, 1.807) is 0 Å². The molecule has 0 radical (unpaired) electrons. The molecule has 0 spiro atoms. The average molecular weight is 249 g/mol. The van der Waals surface area contributed by atoms with Gasteiger partial charge >= 0.3 is 0 Å². The highest BCUT2D eigenvalue weighted by molar-refractivity contribution is 5.82. The molecule has 1 rings (SSSR count). The molecular formula is C14H23N3O. The topological polar surface area (TPSA) is 58.4 Å². The summed E-state index contributed by atoms with van der Waals surface area (Å²) in [7, 11) is 0. The zero-order valence-electron chi connectivity index (χ0n) is 11.2. The number of amides is 1. The summed E-state index contributed by atoms with van der Waals surface area (Å²) >= 11 is 0. The van der Waals surface area contributed by atoms with E-state index in [2.05, 4.69) is 24.2 Å². The summed E-state index contributed by atoms with van der Waals surface area (Å²) in [6, 6.07) is 9.49. The first-order chi connectivity index (χ1) is 8.74. The maximum absolute atomic E-state index is 12.0. The normalized spacial score (nSPS) is 12.4. The quantitative estimate of drug-likeness (QED) is 0.440. The average Bonchev–Trinajstić information content (AvgIpc) is 2.40. The lowest BCUT2D eigenvalue weighted by molar-refractivity contribution is -0.126. The van der Waals surface area contributed by atoms with Crippen LogP contribution < -0.4 is 11.3 Å². The van der Waals surface area contributed by atoms with Crippen molar-refractivity contribution in [3.63, 3.8) is 0 Å². The van der Waals surface area contributed by atoms with Gasteiger partial charge in [0, 0.05) is 0 Å². The molecule has 0 aliphatic rings. The van der Waals surface area contributed by atoms with Crippen molar-refractivity contribution in [1.82, 2.24) is 10.3 Å². The van der Waals surface area contributed by atoms with Crippen molar-refractivity contribution in [2.24, 2.45) is 5.84 Å². The number of benzene rings is 1. The van der Waals surface area contributed by atoms with Crippen LogP contribution in [0.2, 0.25) is 0 Å². The zero-order valence-corrected chi connectivity index (χ0v) is 11.2. The first-order valence-corrected chi connectivity index (χ1v) is 6.54. The summed E-state index contributed by atoms with van der Waals surface area (Å²) in [5, 5.41) is 0. The van der Waals surface area contributed by atoms with Crippen LogP contribution in [0.15, 0.2) is 30.3 Å². The van der Waals surface area contributed by atoms with E-state index in [0.29, 0.717) is 0 Å². The van der Waals surface area contributed by atoms with Crippen molar-refractivity contribution in [3.05, 3.63) is 35.9 Å². The van der Waals surface area contributed by atoms with Crippen LogP contribution >= 0.6 is 0 Å². The van der Waals surface area contributed by atoms with E-state index in [1.807, 2.05) is 30.3 Å². The Morgan fingerprint density at radius 2 is 1.78 bits per heavy atom. The molecule has 3 N–H and O–H groups in total. The summed E-state index contributed by atoms with van der Waals surface area (Å²) in [6.07, 6.45) is 2.03. The van der Waals surface area contributed by atoms with E-state index >= 15 is 0 Å². The fraction of sp³-hybridized carbons (Fsp3) is 0.500. The van der Waals surface area contributed by atoms with Crippen molar-refractivity contribution < 1.29 is 4.79 Å². The highest BCUT2D eigenvalue weighted by Gasteiger charge is 2.25. The molecule has 0 heterocycles. The van der Waals surface area contributed by atoms with E-state index in [1.165, 1.54) is 0 Å². The van der Waals surface area contributed by atoms with Gasteiger partial charge in [0.25, 0.3) is 5.91 Å². The molecule has 0 fully saturated rings. The number of hydrazine groups is 1. The lowest BCUT2D eigenvalue weighted by Crippen LogP contribution is -2.43. The molecule has 1 atom stereocenters. The molecule has 1 aromatic carbocycles. The van der Waals surface area contributed by atoms with Gasteiger partial charge in [-0.25, -0.2) is 5.84 Å². The van der Waals surface area contributed by atoms with E-state index in [0.717, 1.165) is 31.5 Å². The molecule has 0 aliphatic heterocycles. The Morgan fingerprint density at radius 3 is 2.22 bits per heavy atom. The van der Waals surface area contributed by atoms with Crippen LogP contribution in [0.1, 0.15) is 38.3 Å². The monoisotopic (exact) mass is 249 g/mol.